The lowest BCUT2D eigenvalue weighted by molar-refractivity contribution is -0.134. The first-order valence-corrected chi connectivity index (χ1v) is 16.7. The summed E-state index contributed by atoms with van der Waals surface area (Å²) in [5.41, 5.74) is 3.18. The van der Waals surface area contributed by atoms with Crippen LogP contribution in [-0.2, 0) is 14.3 Å². The Bertz CT molecular complexity index is 1250. The van der Waals surface area contributed by atoms with Gasteiger partial charge < -0.3 is 9.47 Å². The van der Waals surface area contributed by atoms with Gasteiger partial charge in [-0.05, 0) is 37.1 Å². The van der Waals surface area contributed by atoms with Gasteiger partial charge in [-0.25, -0.2) is 9.78 Å². The van der Waals surface area contributed by atoms with Gasteiger partial charge in [-0.3, -0.25) is 9.88 Å². The van der Waals surface area contributed by atoms with Gasteiger partial charge in [0, 0.05) is 44.0 Å². The molecule has 3 aromatic rings. The number of nitrogens with zero attached hydrogens (tertiary/aromatic N) is 5. The Morgan fingerprint density at radius 3 is 2.74 bits per heavy atom. The van der Waals surface area contributed by atoms with Crippen molar-refractivity contribution in [2.45, 2.75) is 57.3 Å². The van der Waals surface area contributed by atoms with Crippen molar-refractivity contribution >= 4 is 52.9 Å². The number of carbonyl (C=O) groups excluding carboxylic acids is 1. The molecule has 35 heavy (non-hydrogen) atoms. The highest BCUT2D eigenvalue weighted by molar-refractivity contribution is 7.15. The zero-order valence-electron chi connectivity index (χ0n) is 20.5. The van der Waals surface area contributed by atoms with Crippen LogP contribution in [0.25, 0.3) is 16.6 Å². The molecule has 1 saturated carbocycles. The molecule has 0 unspecified atom stereocenters. The second-order valence-electron chi connectivity index (χ2n) is 10.4. The summed E-state index contributed by atoms with van der Waals surface area (Å²) in [4.78, 5) is 23.0. The molecule has 0 N–H and O–H groups in total. The first-order valence-electron chi connectivity index (χ1n) is 12.2. The number of pyridine rings is 2. The van der Waals surface area contributed by atoms with Gasteiger partial charge >= 0.3 is 5.97 Å². The number of hydrogen-bond acceptors (Lipinski definition) is 9. The van der Waals surface area contributed by atoms with E-state index in [2.05, 4.69) is 34.8 Å². The molecule has 0 aromatic carbocycles. The van der Waals surface area contributed by atoms with E-state index in [0.29, 0.717) is 19.3 Å². The fourth-order valence-electron chi connectivity index (χ4n) is 4.29. The summed E-state index contributed by atoms with van der Waals surface area (Å²) in [6.45, 7) is 8.38. The molecule has 3 aromatic heterocycles. The van der Waals surface area contributed by atoms with E-state index in [-0.39, 0.29) is 12.6 Å². The number of carbonyl (C=O) groups is 1. The number of hydrogen-bond donors (Lipinski definition) is 0. The van der Waals surface area contributed by atoms with E-state index in [0.717, 1.165) is 44.2 Å². The molecule has 10 heteroatoms. The van der Waals surface area contributed by atoms with Crippen LogP contribution in [0, 0.1) is 0 Å². The van der Waals surface area contributed by atoms with Crippen LogP contribution < -0.4 is 4.90 Å². The number of esters is 1. The van der Waals surface area contributed by atoms with Crippen molar-refractivity contribution in [1.29, 1.82) is 0 Å². The predicted octanol–water partition coefficient (Wildman–Crippen LogP) is 5.53. The smallest absolute Gasteiger partial charge is 0.331 e. The topological polar surface area (TPSA) is 90.3 Å². The summed E-state index contributed by atoms with van der Waals surface area (Å²) in [6.07, 6.45) is 8.16. The van der Waals surface area contributed by atoms with E-state index in [4.69, 9.17) is 14.5 Å². The largest absolute Gasteiger partial charge is 0.458 e. The standard InChI is InChI=1S/C25H31N5O3SSi/c1-35(2,3)11-10-32-16-30(25-29-28-24(34-25)17-6-4-5-7-17)22-9-8-20-21(27-22)12-18(14-26-20)19-13-23(31)33-15-19/h8-9,12-14,17H,4-7,10-11,15-16H2,1-3H3. The van der Waals surface area contributed by atoms with E-state index in [1.165, 1.54) is 31.8 Å². The molecule has 4 heterocycles. The van der Waals surface area contributed by atoms with Crippen LogP contribution in [0.15, 0.2) is 30.5 Å². The number of fused-ring (bicyclic) bond motifs is 1. The molecular formula is C25H31N5O3SSi. The summed E-state index contributed by atoms with van der Waals surface area (Å²) in [5, 5.41) is 11.0. The number of anilines is 2. The van der Waals surface area contributed by atoms with Gasteiger partial charge in [0.15, 0.2) is 0 Å². The number of cyclic esters (lactones) is 1. The van der Waals surface area contributed by atoms with Crippen LogP contribution in [0.2, 0.25) is 25.7 Å². The summed E-state index contributed by atoms with van der Waals surface area (Å²) >= 11 is 1.64. The molecule has 0 amide bonds. The highest BCUT2D eigenvalue weighted by Crippen LogP contribution is 2.38. The zero-order chi connectivity index (χ0) is 24.4. The maximum atomic E-state index is 11.5. The molecule has 0 bridgehead atoms. The van der Waals surface area contributed by atoms with Gasteiger partial charge in [-0.2, -0.15) is 0 Å². The van der Waals surface area contributed by atoms with Gasteiger partial charge in [-0.1, -0.05) is 43.8 Å². The molecule has 0 saturated heterocycles. The third kappa shape index (κ3) is 5.76. The second-order valence-corrected chi connectivity index (χ2v) is 17.0. The first-order chi connectivity index (χ1) is 16.9. The molecule has 0 atom stereocenters. The lowest BCUT2D eigenvalue weighted by atomic mass is 10.1. The van der Waals surface area contributed by atoms with E-state index < -0.39 is 8.07 Å². The average Bonchev–Trinajstić information content (AvgIpc) is 3.59. The minimum absolute atomic E-state index is 0.261. The minimum atomic E-state index is -1.19. The zero-order valence-corrected chi connectivity index (χ0v) is 22.3. The number of aromatic nitrogens is 4. The molecule has 1 fully saturated rings. The maximum Gasteiger partial charge on any atom is 0.331 e. The van der Waals surface area contributed by atoms with Gasteiger partial charge in [0.1, 0.15) is 24.2 Å². The van der Waals surface area contributed by atoms with Crippen molar-refractivity contribution < 1.29 is 14.3 Å². The van der Waals surface area contributed by atoms with Crippen LogP contribution in [-0.4, -0.2) is 54.2 Å². The maximum absolute atomic E-state index is 11.5. The van der Waals surface area contributed by atoms with Gasteiger partial charge in [0.05, 0.1) is 11.0 Å². The second kappa shape index (κ2) is 10.1. The highest BCUT2D eigenvalue weighted by atomic mass is 32.1. The van der Waals surface area contributed by atoms with Crippen molar-refractivity contribution in [2.24, 2.45) is 0 Å². The fraction of sp³-hybridized carbons (Fsp3) is 0.480. The molecule has 8 nitrogen and oxygen atoms in total. The summed E-state index contributed by atoms with van der Waals surface area (Å²) in [7, 11) is -1.19. The van der Waals surface area contributed by atoms with Crippen LogP contribution in [0.3, 0.4) is 0 Å². The summed E-state index contributed by atoms with van der Waals surface area (Å²) in [6, 6.07) is 6.96. The lowest BCUT2D eigenvalue weighted by Gasteiger charge is -2.22. The Morgan fingerprint density at radius 2 is 2.00 bits per heavy atom. The Morgan fingerprint density at radius 1 is 1.17 bits per heavy atom. The monoisotopic (exact) mass is 509 g/mol. The SMILES string of the molecule is C[Si](C)(C)CCOCN(c1ccc2ncc(C3=CC(=O)OC3)cc2n1)c1nnc(C2CCCC2)s1. The van der Waals surface area contributed by atoms with Crippen LogP contribution in [0.5, 0.6) is 0 Å². The van der Waals surface area contributed by atoms with Crippen LogP contribution in [0.4, 0.5) is 10.9 Å². The van der Waals surface area contributed by atoms with Crippen molar-refractivity contribution in [3.63, 3.8) is 0 Å². The van der Waals surface area contributed by atoms with Gasteiger partial charge in [-0.15, -0.1) is 10.2 Å². The summed E-state index contributed by atoms with van der Waals surface area (Å²) in [5.74, 6) is 0.931. The first kappa shape index (κ1) is 24.0. The molecule has 1 aliphatic carbocycles. The number of rotatable bonds is 9. The Hall–Kier alpha value is -2.69. The van der Waals surface area contributed by atoms with Crippen LogP contribution >= 0.6 is 11.3 Å². The van der Waals surface area contributed by atoms with Gasteiger partial charge in [0.25, 0.3) is 0 Å². The molecule has 1 aliphatic heterocycles. The molecule has 0 radical (unpaired) electrons. The molecular weight excluding hydrogens is 478 g/mol. The minimum Gasteiger partial charge on any atom is -0.458 e. The normalized spacial score (nSPS) is 16.7. The molecule has 0 spiro atoms. The Kier molecular flexibility index (Phi) is 6.95. The van der Waals surface area contributed by atoms with Crippen LogP contribution in [0.1, 0.15) is 42.2 Å². The third-order valence-corrected chi connectivity index (χ3v) is 9.23. The predicted molar refractivity (Wildman–Crippen MR) is 141 cm³/mol. The quantitative estimate of drug-likeness (QED) is 0.161. The van der Waals surface area contributed by atoms with Gasteiger partial charge in [0.2, 0.25) is 5.13 Å². The number of ether oxygens (including phenoxy) is 2. The molecule has 5 rings (SSSR count). The van der Waals surface area contributed by atoms with Crippen molar-refractivity contribution in [3.8, 4) is 0 Å². The van der Waals surface area contributed by atoms with Crippen molar-refractivity contribution in [1.82, 2.24) is 20.2 Å². The van der Waals surface area contributed by atoms with E-state index in [1.54, 1.807) is 17.5 Å². The Labute approximate surface area is 210 Å². The average molecular weight is 510 g/mol. The Balaban J connectivity index is 1.44. The fourth-order valence-corrected chi connectivity index (χ4v) is 6.06. The van der Waals surface area contributed by atoms with E-state index in [9.17, 15) is 4.79 Å². The van der Waals surface area contributed by atoms with E-state index in [1.807, 2.05) is 23.1 Å². The molecule has 184 valence electrons. The molecule has 2 aliphatic rings. The lowest BCUT2D eigenvalue weighted by Crippen LogP contribution is -2.26. The van der Waals surface area contributed by atoms with Crippen molar-refractivity contribution in [3.05, 3.63) is 41.0 Å². The van der Waals surface area contributed by atoms with E-state index >= 15 is 0 Å². The third-order valence-electron chi connectivity index (χ3n) is 6.41. The summed E-state index contributed by atoms with van der Waals surface area (Å²) < 4.78 is 11.2. The highest BCUT2D eigenvalue weighted by Gasteiger charge is 2.24. The van der Waals surface area contributed by atoms with Crippen molar-refractivity contribution in [2.75, 3.05) is 24.8 Å².